The SMILES string of the molecule is C[C@]12CC[C@H](O)C[C@H]1CC[C@@H]1[C@@H]2CC[C@@]2(C)[C@H]1CC[C@@]2(O)C#Cc1ccccc1. The molecular weight excluding hydrogens is 356 g/mol. The van der Waals surface area contributed by atoms with Gasteiger partial charge in [0.25, 0.3) is 0 Å². The minimum Gasteiger partial charge on any atom is -0.393 e. The molecule has 0 saturated heterocycles. The van der Waals surface area contributed by atoms with Gasteiger partial charge in [-0.15, -0.1) is 0 Å². The number of hydrogen-bond acceptors (Lipinski definition) is 2. The Labute approximate surface area is 176 Å². The molecule has 4 fully saturated rings. The second-order valence-corrected chi connectivity index (χ2v) is 11.1. The maximum Gasteiger partial charge on any atom is 0.131 e. The van der Waals surface area contributed by atoms with Crippen LogP contribution in [-0.2, 0) is 0 Å². The Kier molecular flexibility index (Phi) is 4.65. The van der Waals surface area contributed by atoms with E-state index in [9.17, 15) is 10.2 Å². The molecule has 1 aromatic rings. The molecule has 2 heteroatoms. The second kappa shape index (κ2) is 6.86. The number of aliphatic hydroxyl groups is 2. The first-order chi connectivity index (χ1) is 13.9. The molecule has 0 radical (unpaired) electrons. The predicted octanol–water partition coefficient (Wildman–Crippen LogP) is 5.17. The van der Waals surface area contributed by atoms with Gasteiger partial charge in [0.2, 0.25) is 0 Å². The maximum atomic E-state index is 11.7. The molecule has 4 saturated carbocycles. The monoisotopic (exact) mass is 392 g/mol. The highest BCUT2D eigenvalue weighted by molar-refractivity contribution is 5.38. The zero-order valence-electron chi connectivity index (χ0n) is 18.0. The summed E-state index contributed by atoms with van der Waals surface area (Å²) in [5.74, 6) is 9.40. The fraction of sp³-hybridized carbons (Fsp3) is 0.704. The number of rotatable bonds is 0. The van der Waals surface area contributed by atoms with E-state index in [4.69, 9.17) is 0 Å². The molecule has 0 aliphatic heterocycles. The predicted molar refractivity (Wildman–Crippen MR) is 116 cm³/mol. The lowest BCUT2D eigenvalue weighted by molar-refractivity contribution is -0.144. The third kappa shape index (κ3) is 2.92. The molecule has 0 aromatic heterocycles. The van der Waals surface area contributed by atoms with Crippen molar-refractivity contribution in [3.05, 3.63) is 35.9 Å². The Morgan fingerprint density at radius 3 is 2.45 bits per heavy atom. The summed E-state index contributed by atoms with van der Waals surface area (Å²) in [6, 6.07) is 10.1. The molecule has 1 aromatic carbocycles. The van der Waals surface area contributed by atoms with Crippen molar-refractivity contribution in [2.75, 3.05) is 0 Å². The van der Waals surface area contributed by atoms with Crippen LogP contribution in [-0.4, -0.2) is 21.9 Å². The fourth-order valence-electron chi connectivity index (χ4n) is 8.15. The van der Waals surface area contributed by atoms with E-state index in [0.29, 0.717) is 17.3 Å². The van der Waals surface area contributed by atoms with Crippen LogP contribution in [0, 0.1) is 46.3 Å². The molecule has 8 atom stereocenters. The van der Waals surface area contributed by atoms with Gasteiger partial charge in [-0.3, -0.25) is 0 Å². The van der Waals surface area contributed by atoms with Crippen molar-refractivity contribution in [3.8, 4) is 11.8 Å². The molecular formula is C27H36O2. The molecule has 0 heterocycles. The van der Waals surface area contributed by atoms with Gasteiger partial charge in [0, 0.05) is 11.0 Å². The summed E-state index contributed by atoms with van der Waals surface area (Å²) in [4.78, 5) is 0. The summed E-state index contributed by atoms with van der Waals surface area (Å²) < 4.78 is 0. The van der Waals surface area contributed by atoms with Crippen molar-refractivity contribution in [1.29, 1.82) is 0 Å². The third-order valence-electron chi connectivity index (χ3n) is 9.98. The zero-order chi connectivity index (χ0) is 20.3. The molecule has 2 N–H and O–H groups in total. The largest absolute Gasteiger partial charge is 0.393 e. The number of fused-ring (bicyclic) bond motifs is 5. The van der Waals surface area contributed by atoms with Gasteiger partial charge >= 0.3 is 0 Å². The molecule has 0 amide bonds. The Morgan fingerprint density at radius 1 is 0.897 bits per heavy atom. The molecule has 29 heavy (non-hydrogen) atoms. The van der Waals surface area contributed by atoms with E-state index >= 15 is 0 Å². The van der Waals surface area contributed by atoms with Crippen molar-refractivity contribution in [1.82, 2.24) is 0 Å². The summed E-state index contributed by atoms with van der Waals surface area (Å²) >= 11 is 0. The van der Waals surface area contributed by atoms with Crippen LogP contribution in [0.4, 0.5) is 0 Å². The average molecular weight is 393 g/mol. The minimum atomic E-state index is -0.862. The highest BCUT2D eigenvalue weighted by Gasteiger charge is 2.64. The molecule has 156 valence electrons. The first kappa shape index (κ1) is 19.7. The first-order valence-corrected chi connectivity index (χ1v) is 11.8. The Hall–Kier alpha value is -1.30. The highest BCUT2D eigenvalue weighted by Crippen LogP contribution is 2.68. The summed E-state index contributed by atoms with van der Waals surface area (Å²) in [5, 5.41) is 21.9. The van der Waals surface area contributed by atoms with Crippen molar-refractivity contribution in [2.45, 2.75) is 83.3 Å². The van der Waals surface area contributed by atoms with Gasteiger partial charge < -0.3 is 10.2 Å². The van der Waals surface area contributed by atoms with Crippen molar-refractivity contribution >= 4 is 0 Å². The van der Waals surface area contributed by atoms with Gasteiger partial charge in [-0.25, -0.2) is 0 Å². The average Bonchev–Trinajstić information content (AvgIpc) is 2.99. The summed E-state index contributed by atoms with van der Waals surface area (Å²) in [6.45, 7) is 4.86. The first-order valence-electron chi connectivity index (χ1n) is 11.8. The van der Waals surface area contributed by atoms with Crippen LogP contribution >= 0.6 is 0 Å². The molecule has 4 aliphatic carbocycles. The smallest absolute Gasteiger partial charge is 0.131 e. The Balaban J connectivity index is 1.42. The van der Waals surface area contributed by atoms with E-state index in [1.807, 2.05) is 30.3 Å². The van der Waals surface area contributed by atoms with Gasteiger partial charge in [-0.1, -0.05) is 43.9 Å². The molecule has 0 bridgehead atoms. The molecule has 5 rings (SSSR count). The summed E-state index contributed by atoms with van der Waals surface area (Å²) in [5.41, 5.74) is 0.433. The van der Waals surface area contributed by atoms with E-state index in [0.717, 1.165) is 49.5 Å². The lowest BCUT2D eigenvalue weighted by Crippen LogP contribution is -2.56. The van der Waals surface area contributed by atoms with Crippen molar-refractivity contribution in [2.24, 2.45) is 34.5 Å². The second-order valence-electron chi connectivity index (χ2n) is 11.1. The minimum absolute atomic E-state index is 0.0803. The van der Waals surface area contributed by atoms with Gasteiger partial charge in [-0.05, 0) is 99.0 Å². The van der Waals surface area contributed by atoms with Gasteiger partial charge in [0.15, 0.2) is 0 Å². The van der Waals surface area contributed by atoms with Gasteiger partial charge in [-0.2, -0.15) is 0 Å². The topological polar surface area (TPSA) is 40.5 Å². The highest BCUT2D eigenvalue weighted by atomic mass is 16.3. The molecule has 2 nitrogen and oxygen atoms in total. The van der Waals surface area contributed by atoms with E-state index in [1.54, 1.807) is 0 Å². The maximum absolute atomic E-state index is 11.7. The number of benzene rings is 1. The van der Waals surface area contributed by atoms with Crippen LogP contribution in [0.2, 0.25) is 0 Å². The van der Waals surface area contributed by atoms with Gasteiger partial charge in [0.1, 0.15) is 5.60 Å². The standard InChI is InChI=1S/C27H36O2/c1-25-14-11-21(28)18-20(25)8-9-22-23(25)12-15-26(2)24(22)13-17-27(26,29)16-10-19-6-4-3-5-7-19/h3-7,20-24,28-29H,8-9,11-15,17-18H2,1-2H3/t20-,21+,22-,23+,24+,25+,26+,27+/m1/s1. The van der Waals surface area contributed by atoms with E-state index < -0.39 is 5.60 Å². The van der Waals surface area contributed by atoms with E-state index in [-0.39, 0.29) is 11.5 Å². The molecule has 0 spiro atoms. The lowest BCUT2D eigenvalue weighted by atomic mass is 9.44. The molecule has 4 aliphatic rings. The number of aliphatic hydroxyl groups excluding tert-OH is 1. The Morgan fingerprint density at radius 2 is 1.66 bits per heavy atom. The molecule has 0 unspecified atom stereocenters. The summed E-state index contributed by atoms with van der Waals surface area (Å²) in [6.07, 6.45) is 9.86. The van der Waals surface area contributed by atoms with Crippen LogP contribution < -0.4 is 0 Å². The zero-order valence-corrected chi connectivity index (χ0v) is 18.0. The lowest BCUT2D eigenvalue weighted by Gasteiger charge is -2.61. The van der Waals surface area contributed by atoms with Crippen LogP contribution in [0.3, 0.4) is 0 Å². The van der Waals surface area contributed by atoms with Crippen LogP contribution in [0.25, 0.3) is 0 Å². The quantitative estimate of drug-likeness (QED) is 0.598. The normalized spacial score (nSPS) is 48.6. The third-order valence-corrected chi connectivity index (χ3v) is 9.98. The van der Waals surface area contributed by atoms with Gasteiger partial charge in [0.05, 0.1) is 6.10 Å². The fourth-order valence-corrected chi connectivity index (χ4v) is 8.15. The van der Waals surface area contributed by atoms with Crippen LogP contribution in [0.15, 0.2) is 30.3 Å². The van der Waals surface area contributed by atoms with E-state index in [2.05, 4.69) is 25.7 Å². The number of hydrogen-bond donors (Lipinski definition) is 2. The Bertz CT molecular complexity index is 822. The summed E-state index contributed by atoms with van der Waals surface area (Å²) in [7, 11) is 0. The van der Waals surface area contributed by atoms with E-state index in [1.165, 1.54) is 25.7 Å². The van der Waals surface area contributed by atoms with Crippen LogP contribution in [0.5, 0.6) is 0 Å². The van der Waals surface area contributed by atoms with Crippen molar-refractivity contribution < 1.29 is 10.2 Å². The van der Waals surface area contributed by atoms with Crippen LogP contribution in [0.1, 0.15) is 77.2 Å². The van der Waals surface area contributed by atoms with Crippen molar-refractivity contribution in [3.63, 3.8) is 0 Å².